The van der Waals surface area contributed by atoms with Crippen LogP contribution >= 0.6 is 24.8 Å². The second-order valence-corrected chi connectivity index (χ2v) is 7.90. The molecule has 0 bridgehead atoms. The first kappa shape index (κ1) is 26.4. The zero-order valence-corrected chi connectivity index (χ0v) is 19.4. The molecular weight excluding hydrogens is 417 g/mol. The fourth-order valence-corrected chi connectivity index (χ4v) is 3.89. The van der Waals surface area contributed by atoms with Gasteiger partial charge < -0.3 is 11.1 Å². The van der Waals surface area contributed by atoms with E-state index in [1.54, 1.807) is 0 Å². The summed E-state index contributed by atoms with van der Waals surface area (Å²) in [4.78, 5) is 15.2. The third-order valence-corrected chi connectivity index (χ3v) is 5.80. The highest BCUT2D eigenvalue weighted by Crippen LogP contribution is 2.20. The van der Waals surface area contributed by atoms with E-state index in [2.05, 4.69) is 28.4 Å². The van der Waals surface area contributed by atoms with E-state index >= 15 is 0 Å². The van der Waals surface area contributed by atoms with Gasteiger partial charge in [-0.15, -0.1) is 24.8 Å². The first-order valence-corrected chi connectivity index (χ1v) is 10.5. The zero-order chi connectivity index (χ0) is 19.8. The summed E-state index contributed by atoms with van der Waals surface area (Å²) in [6.07, 6.45) is 5.25. The number of nitrogens with one attached hydrogen (secondary N) is 1. The smallest absolute Gasteiger partial charge is 0.225 e. The summed E-state index contributed by atoms with van der Waals surface area (Å²) in [6, 6.07) is 18.0. The molecule has 1 heterocycles. The number of likely N-dealkylation sites (tertiary alicyclic amines) is 1. The van der Waals surface area contributed by atoms with Crippen LogP contribution in [0.25, 0.3) is 0 Å². The predicted molar refractivity (Wildman–Crippen MR) is 129 cm³/mol. The fraction of sp³-hybridized carbons (Fsp3) is 0.458. The number of benzene rings is 2. The van der Waals surface area contributed by atoms with Gasteiger partial charge in [0.2, 0.25) is 5.91 Å². The number of nitrogens with two attached hydrogens (primary N) is 1. The Morgan fingerprint density at radius 1 is 0.933 bits per heavy atom. The third kappa shape index (κ3) is 7.59. The molecule has 1 aliphatic rings. The van der Waals surface area contributed by atoms with Crippen LogP contribution in [0, 0.1) is 5.92 Å². The van der Waals surface area contributed by atoms with Gasteiger partial charge in [-0.3, -0.25) is 9.69 Å². The standard InChI is InChI=1S/C24H33N3O.2ClH/c1-19(23(25)20-11-5-4-6-12-20)24(28)26-17-21-13-7-8-14-22(21)18-27-15-9-2-3-10-16-27;;/h4-8,11-14,19,23H,2-3,9-10,15-18,25H2,1H3,(H,26,28);2*1H. The Kier molecular flexibility index (Phi) is 12.0. The highest BCUT2D eigenvalue weighted by Gasteiger charge is 2.22. The summed E-state index contributed by atoms with van der Waals surface area (Å²) >= 11 is 0. The van der Waals surface area contributed by atoms with Gasteiger partial charge in [-0.1, -0.05) is 74.4 Å². The van der Waals surface area contributed by atoms with Crippen molar-refractivity contribution in [2.75, 3.05) is 13.1 Å². The topological polar surface area (TPSA) is 58.4 Å². The van der Waals surface area contributed by atoms with E-state index in [0.29, 0.717) is 6.54 Å². The molecule has 1 saturated heterocycles. The maximum atomic E-state index is 12.7. The van der Waals surface area contributed by atoms with E-state index in [-0.39, 0.29) is 42.7 Å². The second kappa shape index (κ2) is 13.7. The molecule has 2 aromatic rings. The Hall–Kier alpha value is -1.59. The number of hydrogen-bond acceptors (Lipinski definition) is 3. The summed E-state index contributed by atoms with van der Waals surface area (Å²) in [5, 5.41) is 3.10. The lowest BCUT2D eigenvalue weighted by atomic mass is 9.94. The Morgan fingerprint density at radius 3 is 2.13 bits per heavy atom. The average Bonchev–Trinajstić information content (AvgIpc) is 3.01. The summed E-state index contributed by atoms with van der Waals surface area (Å²) in [5.74, 6) is -0.277. The second-order valence-electron chi connectivity index (χ2n) is 7.90. The van der Waals surface area contributed by atoms with Gasteiger partial charge in [0.25, 0.3) is 0 Å². The lowest BCUT2D eigenvalue weighted by Crippen LogP contribution is -2.35. The average molecular weight is 452 g/mol. The van der Waals surface area contributed by atoms with Crippen molar-refractivity contribution in [1.29, 1.82) is 0 Å². The molecule has 3 N–H and O–H groups in total. The largest absolute Gasteiger partial charge is 0.352 e. The minimum Gasteiger partial charge on any atom is -0.352 e. The van der Waals surface area contributed by atoms with Gasteiger partial charge in [-0.05, 0) is 42.6 Å². The Morgan fingerprint density at radius 2 is 1.50 bits per heavy atom. The molecule has 1 aliphatic heterocycles. The fourth-order valence-electron chi connectivity index (χ4n) is 3.89. The van der Waals surface area contributed by atoms with Crippen LogP contribution in [-0.2, 0) is 17.9 Å². The molecule has 0 saturated carbocycles. The van der Waals surface area contributed by atoms with Crippen molar-refractivity contribution in [3.05, 3.63) is 71.3 Å². The molecule has 0 radical (unpaired) electrons. The number of rotatable bonds is 7. The molecular formula is C24H35Cl2N3O. The van der Waals surface area contributed by atoms with Crippen LogP contribution in [0.15, 0.2) is 54.6 Å². The van der Waals surface area contributed by atoms with E-state index in [9.17, 15) is 4.79 Å². The first-order chi connectivity index (χ1) is 13.6. The van der Waals surface area contributed by atoms with Crippen LogP contribution in [0.5, 0.6) is 0 Å². The molecule has 2 aromatic carbocycles. The summed E-state index contributed by atoms with van der Waals surface area (Å²) in [5.41, 5.74) is 9.81. The Labute approximate surface area is 193 Å². The predicted octanol–water partition coefficient (Wildman–Crippen LogP) is 4.86. The molecule has 1 fully saturated rings. The number of hydrogen-bond donors (Lipinski definition) is 2. The van der Waals surface area contributed by atoms with E-state index in [4.69, 9.17) is 5.73 Å². The Bertz CT molecular complexity index is 749. The molecule has 2 atom stereocenters. The quantitative estimate of drug-likeness (QED) is 0.631. The lowest BCUT2D eigenvalue weighted by molar-refractivity contribution is -0.125. The summed E-state index contributed by atoms with van der Waals surface area (Å²) in [6.45, 7) is 5.75. The van der Waals surface area contributed by atoms with Gasteiger partial charge in [0.1, 0.15) is 0 Å². The van der Waals surface area contributed by atoms with Crippen molar-refractivity contribution in [1.82, 2.24) is 10.2 Å². The molecule has 166 valence electrons. The maximum Gasteiger partial charge on any atom is 0.225 e. The van der Waals surface area contributed by atoms with Gasteiger partial charge in [0.05, 0.1) is 5.92 Å². The summed E-state index contributed by atoms with van der Waals surface area (Å²) in [7, 11) is 0. The lowest BCUT2D eigenvalue weighted by Gasteiger charge is -2.23. The van der Waals surface area contributed by atoms with Crippen LogP contribution in [0.3, 0.4) is 0 Å². The third-order valence-electron chi connectivity index (χ3n) is 5.80. The number of amides is 1. The molecule has 30 heavy (non-hydrogen) atoms. The van der Waals surface area contributed by atoms with Crippen LogP contribution in [0.4, 0.5) is 0 Å². The number of halogens is 2. The van der Waals surface area contributed by atoms with E-state index in [0.717, 1.165) is 12.1 Å². The van der Waals surface area contributed by atoms with Gasteiger partial charge in [0.15, 0.2) is 0 Å². The van der Waals surface area contributed by atoms with E-state index < -0.39 is 0 Å². The van der Waals surface area contributed by atoms with Crippen molar-refractivity contribution in [2.45, 2.75) is 51.7 Å². The van der Waals surface area contributed by atoms with Crippen molar-refractivity contribution in [2.24, 2.45) is 11.7 Å². The van der Waals surface area contributed by atoms with Crippen molar-refractivity contribution < 1.29 is 4.79 Å². The van der Waals surface area contributed by atoms with Crippen LogP contribution in [-0.4, -0.2) is 23.9 Å². The number of carbonyl (C=O) groups is 1. The highest BCUT2D eigenvalue weighted by atomic mass is 35.5. The van der Waals surface area contributed by atoms with Gasteiger partial charge in [0, 0.05) is 19.1 Å². The first-order valence-electron chi connectivity index (χ1n) is 10.5. The maximum absolute atomic E-state index is 12.7. The molecule has 0 aliphatic carbocycles. The summed E-state index contributed by atoms with van der Waals surface area (Å²) < 4.78 is 0. The highest BCUT2D eigenvalue weighted by molar-refractivity contribution is 5.85. The molecule has 4 nitrogen and oxygen atoms in total. The normalized spacial score (nSPS) is 16.3. The molecule has 3 rings (SSSR count). The van der Waals surface area contributed by atoms with Crippen LogP contribution in [0.1, 0.15) is 55.3 Å². The van der Waals surface area contributed by atoms with Gasteiger partial charge in [-0.2, -0.15) is 0 Å². The molecule has 0 aromatic heterocycles. The zero-order valence-electron chi connectivity index (χ0n) is 17.8. The minimum atomic E-state index is -0.298. The van der Waals surface area contributed by atoms with Crippen molar-refractivity contribution in [3.63, 3.8) is 0 Å². The van der Waals surface area contributed by atoms with E-state index in [1.165, 1.54) is 49.9 Å². The molecule has 6 heteroatoms. The minimum absolute atomic E-state index is 0. The van der Waals surface area contributed by atoms with Crippen LogP contribution in [0.2, 0.25) is 0 Å². The van der Waals surface area contributed by atoms with E-state index in [1.807, 2.05) is 43.3 Å². The van der Waals surface area contributed by atoms with Gasteiger partial charge in [-0.25, -0.2) is 0 Å². The molecule has 0 spiro atoms. The van der Waals surface area contributed by atoms with Crippen molar-refractivity contribution >= 4 is 30.7 Å². The number of nitrogens with zero attached hydrogens (tertiary/aromatic N) is 1. The number of carbonyl (C=O) groups excluding carboxylic acids is 1. The van der Waals surface area contributed by atoms with Gasteiger partial charge >= 0.3 is 0 Å². The molecule has 1 amide bonds. The SMILES string of the molecule is CC(C(=O)NCc1ccccc1CN1CCCCCC1)C(N)c1ccccc1.Cl.Cl. The molecule has 2 unspecified atom stereocenters. The van der Waals surface area contributed by atoms with Crippen molar-refractivity contribution in [3.8, 4) is 0 Å². The Balaban J connectivity index is 0.00000225. The monoisotopic (exact) mass is 451 g/mol. The van der Waals surface area contributed by atoms with Crippen LogP contribution < -0.4 is 11.1 Å².